The number of hydrogen-bond acceptors (Lipinski definition) is 1. The maximum atomic E-state index is 4.00. The van der Waals surface area contributed by atoms with Crippen molar-refractivity contribution in [2.75, 3.05) is 14.1 Å². The van der Waals surface area contributed by atoms with Crippen molar-refractivity contribution >= 4 is 28.7 Å². The molecule has 0 saturated carbocycles. The highest BCUT2D eigenvalue weighted by molar-refractivity contribution is 14.1. The second-order valence-electron chi connectivity index (χ2n) is 1.84. The van der Waals surface area contributed by atoms with E-state index >= 15 is 0 Å². The van der Waals surface area contributed by atoms with E-state index < -0.39 is 0 Å². The first-order valence-electron chi connectivity index (χ1n) is 2.71. The van der Waals surface area contributed by atoms with Crippen LogP contribution < -0.4 is 0 Å². The van der Waals surface area contributed by atoms with Crippen LogP contribution in [0, 0.1) is 0 Å². The van der Waals surface area contributed by atoms with Crippen LogP contribution in [-0.2, 0) is 0 Å². The molecule has 0 aliphatic carbocycles. The van der Waals surface area contributed by atoms with E-state index in [4.69, 9.17) is 0 Å². The average molecular weight is 238 g/mol. The molecule has 52 valence electrons. The van der Waals surface area contributed by atoms with E-state index in [1.165, 1.54) is 0 Å². The van der Waals surface area contributed by atoms with Gasteiger partial charge in [-0.15, -0.1) is 0 Å². The highest BCUT2D eigenvalue weighted by Crippen LogP contribution is 1.92. The SMILES string of the molecule is C/C=C\C(=NI)N(C)C. The van der Waals surface area contributed by atoms with Crippen LogP contribution in [-0.4, -0.2) is 24.8 Å². The minimum absolute atomic E-state index is 0.984. The number of halogens is 1. The molecule has 0 fully saturated rings. The highest BCUT2D eigenvalue weighted by atomic mass is 127. The summed E-state index contributed by atoms with van der Waals surface area (Å²) in [6, 6.07) is 0. The maximum Gasteiger partial charge on any atom is 0.134 e. The van der Waals surface area contributed by atoms with E-state index in [9.17, 15) is 0 Å². The second kappa shape index (κ2) is 4.78. The summed E-state index contributed by atoms with van der Waals surface area (Å²) in [5, 5.41) is 0. The Balaban J connectivity index is 4.01. The molecule has 0 heterocycles. The molecule has 0 rings (SSSR count). The Bertz CT molecular complexity index is 127. The fraction of sp³-hybridized carbons (Fsp3) is 0.500. The van der Waals surface area contributed by atoms with E-state index in [0.717, 1.165) is 5.84 Å². The van der Waals surface area contributed by atoms with Crippen molar-refractivity contribution in [2.45, 2.75) is 6.92 Å². The second-order valence-corrected chi connectivity index (χ2v) is 2.32. The van der Waals surface area contributed by atoms with E-state index in [2.05, 4.69) is 3.21 Å². The lowest BCUT2D eigenvalue weighted by Crippen LogP contribution is -2.18. The number of likely N-dealkylation sites (N-methyl/N-ethyl adjacent to an activating group) is 1. The minimum atomic E-state index is 0.984. The highest BCUT2D eigenvalue weighted by Gasteiger charge is 1.91. The summed E-state index contributed by atoms with van der Waals surface area (Å²) < 4.78 is 4.00. The number of amidine groups is 1. The van der Waals surface area contributed by atoms with Crippen molar-refractivity contribution in [2.24, 2.45) is 3.21 Å². The van der Waals surface area contributed by atoms with Crippen molar-refractivity contribution in [1.82, 2.24) is 4.90 Å². The summed E-state index contributed by atoms with van der Waals surface area (Å²) >= 11 is 1.98. The van der Waals surface area contributed by atoms with Gasteiger partial charge in [0.2, 0.25) is 0 Å². The zero-order valence-electron chi connectivity index (χ0n) is 5.93. The van der Waals surface area contributed by atoms with Crippen LogP contribution in [0.5, 0.6) is 0 Å². The third-order valence-corrected chi connectivity index (χ3v) is 1.35. The van der Waals surface area contributed by atoms with Gasteiger partial charge in [-0.25, -0.2) is 0 Å². The van der Waals surface area contributed by atoms with E-state index in [1.54, 1.807) is 0 Å². The Hall–Kier alpha value is -0.0600. The van der Waals surface area contributed by atoms with Gasteiger partial charge in [-0.2, -0.15) is 3.21 Å². The van der Waals surface area contributed by atoms with Crippen LogP contribution in [0.2, 0.25) is 0 Å². The zero-order chi connectivity index (χ0) is 7.28. The quantitative estimate of drug-likeness (QED) is 0.387. The van der Waals surface area contributed by atoms with Gasteiger partial charge in [-0.1, -0.05) is 6.08 Å². The maximum absolute atomic E-state index is 4.00. The molecule has 0 aliphatic heterocycles. The number of hydrogen-bond donors (Lipinski definition) is 0. The fourth-order valence-electron chi connectivity index (χ4n) is 0.402. The van der Waals surface area contributed by atoms with Crippen LogP contribution in [0.25, 0.3) is 0 Å². The third-order valence-electron chi connectivity index (χ3n) is 0.861. The lowest BCUT2D eigenvalue weighted by Gasteiger charge is -2.09. The molecule has 0 radical (unpaired) electrons. The van der Waals surface area contributed by atoms with Crippen molar-refractivity contribution in [3.63, 3.8) is 0 Å². The van der Waals surface area contributed by atoms with E-state index in [1.807, 2.05) is 60.9 Å². The van der Waals surface area contributed by atoms with Gasteiger partial charge in [-0.05, 0) is 13.0 Å². The molecule has 0 bridgehead atoms. The predicted octanol–water partition coefficient (Wildman–Crippen LogP) is 1.87. The Kier molecular flexibility index (Phi) is 4.75. The topological polar surface area (TPSA) is 15.6 Å². The summed E-state index contributed by atoms with van der Waals surface area (Å²) in [5.74, 6) is 0.984. The fourth-order valence-corrected chi connectivity index (χ4v) is 0.994. The third kappa shape index (κ3) is 3.51. The molecule has 0 aromatic heterocycles. The van der Waals surface area contributed by atoms with Crippen LogP contribution in [0.15, 0.2) is 15.4 Å². The molecular weight excluding hydrogens is 227 g/mol. The molecule has 0 aliphatic rings. The number of nitrogens with zero attached hydrogens (tertiary/aromatic N) is 2. The molecule has 0 aromatic rings. The van der Waals surface area contributed by atoms with Gasteiger partial charge < -0.3 is 4.90 Å². The Labute approximate surface area is 70.1 Å². The smallest absolute Gasteiger partial charge is 0.134 e. The van der Waals surface area contributed by atoms with E-state index in [0.29, 0.717) is 0 Å². The first-order valence-corrected chi connectivity index (χ1v) is 3.67. The lowest BCUT2D eigenvalue weighted by molar-refractivity contribution is 0.629. The summed E-state index contributed by atoms with van der Waals surface area (Å²) in [5.41, 5.74) is 0. The molecule has 0 aromatic carbocycles. The zero-order valence-corrected chi connectivity index (χ0v) is 8.08. The molecule has 9 heavy (non-hydrogen) atoms. The van der Waals surface area contributed by atoms with Crippen molar-refractivity contribution in [3.8, 4) is 0 Å². The van der Waals surface area contributed by atoms with Gasteiger partial charge in [0.25, 0.3) is 0 Å². The Morgan fingerprint density at radius 2 is 2.11 bits per heavy atom. The molecule has 0 spiro atoms. The Morgan fingerprint density at radius 1 is 1.56 bits per heavy atom. The lowest BCUT2D eigenvalue weighted by atomic mass is 10.5. The monoisotopic (exact) mass is 238 g/mol. The summed E-state index contributed by atoms with van der Waals surface area (Å²) in [4.78, 5) is 1.96. The van der Waals surface area contributed by atoms with Crippen molar-refractivity contribution in [3.05, 3.63) is 12.2 Å². The standard InChI is InChI=1S/C6H11IN2/c1-4-5-6(8-7)9(2)3/h4-5H,1-3H3/b5-4-,8-6?. The summed E-state index contributed by atoms with van der Waals surface area (Å²) in [6.45, 7) is 1.98. The van der Waals surface area contributed by atoms with Crippen molar-refractivity contribution < 1.29 is 0 Å². The van der Waals surface area contributed by atoms with Gasteiger partial charge in [0.15, 0.2) is 0 Å². The van der Waals surface area contributed by atoms with Gasteiger partial charge in [0.05, 0.1) is 22.9 Å². The van der Waals surface area contributed by atoms with Gasteiger partial charge in [-0.3, -0.25) is 0 Å². The van der Waals surface area contributed by atoms with Crippen LogP contribution in [0.1, 0.15) is 6.92 Å². The molecule has 0 atom stereocenters. The number of rotatable bonds is 1. The van der Waals surface area contributed by atoms with Crippen molar-refractivity contribution in [1.29, 1.82) is 0 Å². The first-order chi connectivity index (χ1) is 4.22. The van der Waals surface area contributed by atoms with Crippen LogP contribution in [0.3, 0.4) is 0 Å². The number of allylic oxidation sites excluding steroid dienone is 1. The van der Waals surface area contributed by atoms with Crippen LogP contribution in [0.4, 0.5) is 0 Å². The molecule has 2 nitrogen and oxygen atoms in total. The first kappa shape index (κ1) is 8.94. The van der Waals surface area contributed by atoms with Gasteiger partial charge in [0.1, 0.15) is 5.84 Å². The van der Waals surface area contributed by atoms with Gasteiger partial charge >= 0.3 is 0 Å². The summed E-state index contributed by atoms with van der Waals surface area (Å²) in [7, 11) is 3.94. The normalized spacial score (nSPS) is 12.7. The minimum Gasteiger partial charge on any atom is -0.362 e. The van der Waals surface area contributed by atoms with Gasteiger partial charge in [0, 0.05) is 14.1 Å². The van der Waals surface area contributed by atoms with Crippen LogP contribution >= 0.6 is 22.9 Å². The molecule has 0 saturated heterocycles. The van der Waals surface area contributed by atoms with E-state index in [-0.39, 0.29) is 0 Å². The molecule has 3 heteroatoms. The molecule has 0 unspecified atom stereocenters. The summed E-state index contributed by atoms with van der Waals surface area (Å²) in [6.07, 6.45) is 3.93. The Morgan fingerprint density at radius 3 is 2.22 bits per heavy atom. The largest absolute Gasteiger partial charge is 0.362 e. The average Bonchev–Trinajstić information content (AvgIpc) is 1.82. The molecule has 0 N–H and O–H groups in total. The molecule has 0 amide bonds. The predicted molar refractivity (Wildman–Crippen MR) is 50.0 cm³/mol. The molecular formula is C6H11IN2.